The number of oxazole rings is 1. The molecule has 1 aliphatic rings. The van der Waals surface area contributed by atoms with E-state index in [0.29, 0.717) is 5.89 Å². The van der Waals surface area contributed by atoms with Crippen LogP contribution < -0.4 is 9.64 Å². The number of allylic oxidation sites excluding steroid dienone is 1. The Hall–Kier alpha value is -6.39. The molecule has 8 aromatic rings. The molecular weight excluding hydrogens is 601 g/mol. The van der Waals surface area contributed by atoms with Crippen LogP contribution in [0.4, 0.5) is 17.1 Å². The first-order valence-corrected chi connectivity index (χ1v) is 16.7. The smallest absolute Gasteiger partial charge is 0.227 e. The summed E-state index contributed by atoms with van der Waals surface area (Å²) in [6, 6.07) is 57.1. The summed E-state index contributed by atoms with van der Waals surface area (Å²) in [6.45, 7) is 0. The number of benzene rings is 7. The minimum atomic E-state index is 0.612. The fourth-order valence-electron chi connectivity index (χ4n) is 6.74. The fourth-order valence-corrected chi connectivity index (χ4v) is 6.74. The summed E-state index contributed by atoms with van der Waals surface area (Å²) in [5.41, 5.74) is 10.4. The molecule has 49 heavy (non-hydrogen) atoms. The summed E-state index contributed by atoms with van der Waals surface area (Å²) < 4.78 is 12.5. The summed E-state index contributed by atoms with van der Waals surface area (Å²) in [5, 5.41) is 2.48. The van der Waals surface area contributed by atoms with Crippen molar-refractivity contribution < 1.29 is 9.15 Å². The zero-order valence-corrected chi connectivity index (χ0v) is 26.8. The number of aryl methyl sites for hydroxylation is 1. The summed E-state index contributed by atoms with van der Waals surface area (Å²) in [5.74, 6) is 2.44. The van der Waals surface area contributed by atoms with E-state index < -0.39 is 0 Å². The maximum atomic E-state index is 6.41. The lowest BCUT2D eigenvalue weighted by Crippen LogP contribution is -2.10. The highest BCUT2D eigenvalue weighted by molar-refractivity contribution is 5.97. The van der Waals surface area contributed by atoms with E-state index >= 15 is 0 Å². The third kappa shape index (κ3) is 5.53. The average Bonchev–Trinajstić information content (AvgIpc) is 3.48. The molecule has 0 bridgehead atoms. The van der Waals surface area contributed by atoms with Crippen LogP contribution in [0, 0.1) is 0 Å². The second-order valence-corrected chi connectivity index (χ2v) is 12.3. The topological polar surface area (TPSA) is 38.5 Å². The van der Waals surface area contributed by atoms with Gasteiger partial charge in [-0.25, -0.2) is 4.98 Å². The lowest BCUT2D eigenvalue weighted by molar-refractivity contribution is 0.512. The van der Waals surface area contributed by atoms with E-state index in [4.69, 9.17) is 14.1 Å². The molecule has 0 atom stereocenters. The van der Waals surface area contributed by atoms with E-state index in [1.807, 2.05) is 30.3 Å². The van der Waals surface area contributed by atoms with Gasteiger partial charge in [0.05, 0.1) is 0 Å². The molecule has 0 spiro atoms. The Morgan fingerprint density at radius 3 is 1.94 bits per heavy atom. The molecule has 0 fully saturated rings. The molecule has 1 aliphatic heterocycles. The highest BCUT2D eigenvalue weighted by Gasteiger charge is 2.17. The largest absolute Gasteiger partial charge is 0.457 e. The van der Waals surface area contributed by atoms with E-state index in [1.165, 1.54) is 27.5 Å². The Morgan fingerprint density at radius 2 is 1.16 bits per heavy atom. The van der Waals surface area contributed by atoms with Gasteiger partial charge in [-0.3, -0.25) is 0 Å². The van der Waals surface area contributed by atoms with Crippen LogP contribution in [0.3, 0.4) is 0 Å². The van der Waals surface area contributed by atoms with Crippen LogP contribution in [-0.2, 0) is 6.42 Å². The Bertz CT molecular complexity index is 2420. The van der Waals surface area contributed by atoms with Crippen LogP contribution in [-0.4, -0.2) is 4.98 Å². The summed E-state index contributed by atoms with van der Waals surface area (Å²) >= 11 is 0. The molecule has 234 valence electrons. The second kappa shape index (κ2) is 12.3. The molecule has 9 rings (SSSR count). The summed E-state index contributed by atoms with van der Waals surface area (Å²) in [7, 11) is 0. The van der Waals surface area contributed by atoms with Crippen molar-refractivity contribution in [2.45, 2.75) is 12.8 Å². The molecular formula is C45H32N2O2. The van der Waals surface area contributed by atoms with Crippen molar-refractivity contribution in [3.63, 3.8) is 0 Å². The SMILES string of the molecule is C1=C(c2ccc(N(c3ccc(-c4nc5ccccc5o4)cc3)c3ccc(-c4cccc5ccccc45)cc3)cc2)Oc2ccccc2CC1. The molecule has 0 aliphatic carbocycles. The quantitative estimate of drug-likeness (QED) is 0.183. The lowest BCUT2D eigenvalue weighted by atomic mass is 9.98. The molecule has 0 amide bonds. The number of hydrogen-bond donors (Lipinski definition) is 0. The molecule has 4 nitrogen and oxygen atoms in total. The van der Waals surface area contributed by atoms with Crippen LogP contribution in [0.25, 0.3) is 50.2 Å². The predicted octanol–water partition coefficient (Wildman–Crippen LogP) is 12.2. The number of fused-ring (bicyclic) bond motifs is 3. The molecule has 7 aromatic carbocycles. The molecule has 4 heteroatoms. The molecule has 0 saturated heterocycles. The second-order valence-electron chi connectivity index (χ2n) is 12.3. The van der Waals surface area contributed by atoms with Crippen molar-refractivity contribution in [3.8, 4) is 28.3 Å². The van der Waals surface area contributed by atoms with E-state index in [2.05, 4.69) is 144 Å². The highest BCUT2D eigenvalue weighted by Crippen LogP contribution is 2.39. The van der Waals surface area contributed by atoms with Crippen LogP contribution in [0.2, 0.25) is 0 Å². The van der Waals surface area contributed by atoms with Gasteiger partial charge in [-0.05, 0) is 125 Å². The van der Waals surface area contributed by atoms with Crippen LogP contribution in [0.5, 0.6) is 5.75 Å². The maximum absolute atomic E-state index is 6.41. The number of hydrogen-bond acceptors (Lipinski definition) is 4. The number of para-hydroxylation sites is 3. The molecule has 2 heterocycles. The molecule has 0 unspecified atom stereocenters. The van der Waals surface area contributed by atoms with Crippen molar-refractivity contribution in [1.29, 1.82) is 0 Å². The van der Waals surface area contributed by atoms with Gasteiger partial charge in [-0.2, -0.15) is 0 Å². The van der Waals surface area contributed by atoms with E-state index in [9.17, 15) is 0 Å². The van der Waals surface area contributed by atoms with Crippen molar-refractivity contribution in [3.05, 3.63) is 181 Å². The monoisotopic (exact) mass is 632 g/mol. The number of aromatic nitrogens is 1. The van der Waals surface area contributed by atoms with Crippen molar-refractivity contribution in [2.24, 2.45) is 0 Å². The maximum Gasteiger partial charge on any atom is 0.227 e. The van der Waals surface area contributed by atoms with Gasteiger partial charge in [0, 0.05) is 28.2 Å². The fraction of sp³-hybridized carbons (Fsp3) is 0.0444. The van der Waals surface area contributed by atoms with Gasteiger partial charge in [0.25, 0.3) is 0 Å². The number of rotatable bonds is 6. The van der Waals surface area contributed by atoms with Crippen molar-refractivity contribution >= 4 is 44.7 Å². The van der Waals surface area contributed by atoms with Gasteiger partial charge < -0.3 is 14.1 Å². The Kier molecular flexibility index (Phi) is 7.25. The summed E-state index contributed by atoms with van der Waals surface area (Å²) in [4.78, 5) is 6.99. The van der Waals surface area contributed by atoms with Gasteiger partial charge >= 0.3 is 0 Å². The van der Waals surface area contributed by atoms with Gasteiger partial charge in [-0.1, -0.05) is 84.9 Å². The Balaban J connectivity index is 1.08. The van der Waals surface area contributed by atoms with Gasteiger partial charge in [0.15, 0.2) is 5.58 Å². The Labute approximate surface area is 285 Å². The number of ether oxygens (including phenoxy) is 1. The molecule has 0 radical (unpaired) electrons. The predicted molar refractivity (Wildman–Crippen MR) is 200 cm³/mol. The standard InChI is InChI=1S/C45H32N2O2/c1-3-13-39-31(9-1)11-7-14-40(39)32-19-25-36(26-20-32)47(38-29-23-35(24-30-38)45-46-41-15-4-6-17-44(41)49-45)37-27-21-34(22-28-37)43-18-8-12-33-10-2-5-16-42(33)48-43/h1-7,9-11,13-30H,8,12H2. The van der Waals surface area contributed by atoms with Crippen LogP contribution >= 0.6 is 0 Å². The Morgan fingerprint density at radius 1 is 0.531 bits per heavy atom. The minimum absolute atomic E-state index is 0.612. The zero-order chi connectivity index (χ0) is 32.6. The number of anilines is 3. The van der Waals surface area contributed by atoms with Crippen molar-refractivity contribution in [1.82, 2.24) is 4.98 Å². The van der Waals surface area contributed by atoms with Crippen LogP contribution in [0.15, 0.2) is 174 Å². The molecule has 0 saturated carbocycles. The first-order chi connectivity index (χ1) is 24.3. The third-order valence-corrected chi connectivity index (χ3v) is 9.24. The highest BCUT2D eigenvalue weighted by atomic mass is 16.5. The first-order valence-electron chi connectivity index (χ1n) is 16.7. The van der Waals surface area contributed by atoms with Crippen LogP contribution in [0.1, 0.15) is 17.5 Å². The third-order valence-electron chi connectivity index (χ3n) is 9.24. The van der Waals surface area contributed by atoms with Crippen molar-refractivity contribution in [2.75, 3.05) is 4.90 Å². The van der Waals surface area contributed by atoms with Gasteiger partial charge in [0.1, 0.15) is 17.0 Å². The molecule has 1 aromatic heterocycles. The first kappa shape index (κ1) is 28.8. The minimum Gasteiger partial charge on any atom is -0.457 e. The van der Waals surface area contributed by atoms with Gasteiger partial charge in [-0.15, -0.1) is 0 Å². The van der Waals surface area contributed by atoms with Gasteiger partial charge in [0.2, 0.25) is 5.89 Å². The summed E-state index contributed by atoms with van der Waals surface area (Å²) in [6.07, 6.45) is 4.11. The van der Waals surface area contributed by atoms with E-state index in [1.54, 1.807) is 0 Å². The van der Waals surface area contributed by atoms with E-state index in [-0.39, 0.29) is 0 Å². The lowest BCUT2D eigenvalue weighted by Gasteiger charge is -2.26. The average molecular weight is 633 g/mol. The van der Waals surface area contributed by atoms with E-state index in [0.717, 1.165) is 63.6 Å². The normalized spacial score (nSPS) is 12.6. The zero-order valence-electron chi connectivity index (χ0n) is 26.8. The number of nitrogens with zero attached hydrogens (tertiary/aromatic N) is 2. The molecule has 0 N–H and O–H groups in total.